The molecule has 0 spiro atoms. The quantitative estimate of drug-likeness (QED) is 0.0602. The van der Waals surface area contributed by atoms with Crippen LogP contribution in [-0.4, -0.2) is 11.7 Å². The average molecular weight is 1380 g/mol. The monoisotopic (exact) mass is 1380 g/mol. The summed E-state index contributed by atoms with van der Waals surface area (Å²) in [6, 6.07) is 0. The van der Waals surface area contributed by atoms with Gasteiger partial charge in [0.15, 0.2) is 0 Å². The highest BCUT2D eigenvalue weighted by atomic mass is 16.2. The SMILES string of the molecule is CCCCCCCCCCCCCCCCCCCCCCCCCCCCCCCCCCCCCCCCCCCCCCCCCCCCCCCCCCCCCCCCCCCCCCCCCCCCCCCCCCCCCCCCCCCCCCCCCO. The molecule has 0 fully saturated rings. The molecule has 0 aromatic heterocycles. The van der Waals surface area contributed by atoms with Gasteiger partial charge in [0.25, 0.3) is 0 Å². The van der Waals surface area contributed by atoms with Crippen molar-refractivity contribution in [2.75, 3.05) is 6.61 Å². The number of rotatable bonds is 95. The Labute approximate surface area is 625 Å². The molecule has 0 saturated heterocycles. The van der Waals surface area contributed by atoms with Gasteiger partial charge in [-0.2, -0.15) is 0 Å². The zero-order chi connectivity index (χ0) is 69.9. The fourth-order valence-electron chi connectivity index (χ4n) is 16.6. The van der Waals surface area contributed by atoms with E-state index in [-0.39, 0.29) is 0 Å². The van der Waals surface area contributed by atoms with Gasteiger partial charge in [-0.1, -0.05) is 610 Å². The van der Waals surface area contributed by atoms with Crippen LogP contribution < -0.4 is 0 Å². The van der Waals surface area contributed by atoms with E-state index in [1.54, 1.807) is 0 Å². The summed E-state index contributed by atoms with van der Waals surface area (Å²) in [6.07, 6.45) is 140. The van der Waals surface area contributed by atoms with E-state index in [1.807, 2.05) is 0 Å². The lowest BCUT2D eigenvalue weighted by Gasteiger charge is -2.05. The first-order valence-corrected chi connectivity index (χ1v) is 48.5. The molecule has 0 saturated carbocycles. The van der Waals surface area contributed by atoms with Gasteiger partial charge in [-0.3, -0.25) is 0 Å². The van der Waals surface area contributed by atoms with Crippen molar-refractivity contribution in [3.8, 4) is 0 Å². The van der Waals surface area contributed by atoms with Gasteiger partial charge in [-0.25, -0.2) is 0 Å². The van der Waals surface area contributed by atoms with Gasteiger partial charge in [0.1, 0.15) is 0 Å². The smallest absolute Gasteiger partial charge is 0.0431 e. The molecule has 0 heterocycles. The number of aliphatic hydroxyl groups is 1. The average Bonchev–Trinajstić information content (AvgIpc) is 3.63. The first kappa shape index (κ1) is 98.0. The Morgan fingerprint density at radius 1 is 0.0816 bits per heavy atom. The number of hydrogen-bond acceptors (Lipinski definition) is 1. The summed E-state index contributed by atoms with van der Waals surface area (Å²) in [7, 11) is 0. The maximum Gasteiger partial charge on any atom is 0.0431 e. The molecule has 1 heteroatoms. The Hall–Kier alpha value is -0.0400. The zero-order valence-corrected chi connectivity index (χ0v) is 69.3. The molecule has 0 aliphatic carbocycles. The number of aliphatic hydroxyl groups excluding tert-OH is 1. The molecule has 0 atom stereocenters. The van der Waals surface area contributed by atoms with Crippen LogP contribution in [0.2, 0.25) is 0 Å². The van der Waals surface area contributed by atoms with Gasteiger partial charge in [0, 0.05) is 6.61 Å². The summed E-state index contributed by atoms with van der Waals surface area (Å²) in [5, 5.41) is 8.86. The molecular weight excluding hydrogens is 1180 g/mol. The van der Waals surface area contributed by atoms with Crippen molar-refractivity contribution < 1.29 is 5.11 Å². The largest absolute Gasteiger partial charge is 0.396 e. The van der Waals surface area contributed by atoms with Crippen LogP contribution in [0.3, 0.4) is 0 Å². The minimum Gasteiger partial charge on any atom is -0.396 e. The van der Waals surface area contributed by atoms with Crippen LogP contribution in [-0.2, 0) is 0 Å². The van der Waals surface area contributed by atoms with Gasteiger partial charge < -0.3 is 5.11 Å². The molecule has 0 aliphatic heterocycles. The Kier molecular flexibility index (Phi) is 96.9. The summed E-state index contributed by atoms with van der Waals surface area (Å²) in [6.45, 7) is 2.69. The molecule has 0 aromatic carbocycles. The predicted octanol–water partition coefficient (Wildman–Crippen LogP) is 37.1. The standard InChI is InChI=1S/C97H196O/c1-2-3-4-5-6-7-8-9-10-11-12-13-14-15-16-17-18-19-20-21-22-23-24-25-26-27-28-29-30-31-32-33-34-35-36-37-38-39-40-41-42-43-44-45-46-47-48-49-50-51-52-53-54-55-56-57-58-59-60-61-62-63-64-65-66-67-68-69-70-71-72-73-74-75-76-77-78-79-80-81-82-83-84-85-86-87-88-89-90-91-92-93-94-95-96-97-98/h98H,2-97H2,1H3. The highest BCUT2D eigenvalue weighted by Crippen LogP contribution is 2.23. The molecule has 590 valence electrons. The van der Waals surface area contributed by atoms with Gasteiger partial charge in [-0.15, -0.1) is 0 Å². The van der Waals surface area contributed by atoms with E-state index in [2.05, 4.69) is 6.92 Å². The van der Waals surface area contributed by atoms with Gasteiger partial charge >= 0.3 is 0 Å². The van der Waals surface area contributed by atoms with Crippen LogP contribution in [0.15, 0.2) is 0 Å². The highest BCUT2D eigenvalue weighted by molar-refractivity contribution is 4.59. The molecule has 1 N–H and O–H groups in total. The first-order chi connectivity index (χ1) is 48.9. The zero-order valence-electron chi connectivity index (χ0n) is 69.3. The van der Waals surface area contributed by atoms with Crippen molar-refractivity contribution in [2.24, 2.45) is 0 Å². The summed E-state index contributed by atoms with van der Waals surface area (Å²) in [4.78, 5) is 0. The molecule has 0 rings (SSSR count). The Morgan fingerprint density at radius 2 is 0.133 bits per heavy atom. The van der Waals surface area contributed by atoms with Crippen molar-refractivity contribution in [1.29, 1.82) is 0 Å². The third-order valence-electron chi connectivity index (χ3n) is 23.8. The van der Waals surface area contributed by atoms with Gasteiger partial charge in [0.05, 0.1) is 0 Å². The van der Waals surface area contributed by atoms with Crippen LogP contribution >= 0.6 is 0 Å². The van der Waals surface area contributed by atoms with Gasteiger partial charge in [-0.05, 0) is 6.42 Å². The molecule has 0 unspecified atom stereocenters. The van der Waals surface area contributed by atoms with Gasteiger partial charge in [0.2, 0.25) is 0 Å². The van der Waals surface area contributed by atoms with E-state index in [4.69, 9.17) is 5.11 Å². The third-order valence-corrected chi connectivity index (χ3v) is 23.8. The van der Waals surface area contributed by atoms with E-state index in [9.17, 15) is 0 Å². The topological polar surface area (TPSA) is 20.2 Å². The minimum absolute atomic E-state index is 0.375. The second-order valence-electron chi connectivity index (χ2n) is 34.0. The first-order valence-electron chi connectivity index (χ1n) is 48.5. The number of hydrogen-bond donors (Lipinski definition) is 1. The van der Waals surface area contributed by atoms with E-state index in [0.717, 1.165) is 6.42 Å². The lowest BCUT2D eigenvalue weighted by Crippen LogP contribution is -1.85. The summed E-state index contributed by atoms with van der Waals surface area (Å²) >= 11 is 0. The Bertz CT molecular complexity index is 1180. The second kappa shape index (κ2) is 97.0. The highest BCUT2D eigenvalue weighted by Gasteiger charge is 2.04. The molecule has 0 radical (unpaired) electrons. The maximum absolute atomic E-state index is 8.86. The maximum atomic E-state index is 8.86. The van der Waals surface area contributed by atoms with Crippen molar-refractivity contribution in [2.45, 2.75) is 617 Å². The van der Waals surface area contributed by atoms with Crippen molar-refractivity contribution in [3.63, 3.8) is 0 Å². The fourth-order valence-corrected chi connectivity index (χ4v) is 16.6. The van der Waals surface area contributed by atoms with Crippen LogP contribution in [0.5, 0.6) is 0 Å². The second-order valence-corrected chi connectivity index (χ2v) is 34.0. The normalized spacial score (nSPS) is 11.8. The van der Waals surface area contributed by atoms with Crippen LogP contribution in [0.1, 0.15) is 617 Å². The molecule has 98 heavy (non-hydrogen) atoms. The number of unbranched alkanes of at least 4 members (excludes halogenated alkanes) is 94. The van der Waals surface area contributed by atoms with E-state index in [1.165, 1.54) is 604 Å². The van der Waals surface area contributed by atoms with Crippen LogP contribution in [0, 0.1) is 0 Å². The third kappa shape index (κ3) is 96.0. The van der Waals surface area contributed by atoms with E-state index >= 15 is 0 Å². The lowest BCUT2D eigenvalue weighted by atomic mass is 10.0. The van der Waals surface area contributed by atoms with Crippen LogP contribution in [0.25, 0.3) is 0 Å². The van der Waals surface area contributed by atoms with Crippen molar-refractivity contribution in [1.82, 2.24) is 0 Å². The molecule has 0 aliphatic rings. The van der Waals surface area contributed by atoms with Crippen molar-refractivity contribution in [3.05, 3.63) is 0 Å². The van der Waals surface area contributed by atoms with Crippen LogP contribution in [0.4, 0.5) is 0 Å². The lowest BCUT2D eigenvalue weighted by molar-refractivity contribution is 0.282. The molecule has 0 bridgehead atoms. The molecule has 0 aromatic rings. The molecular formula is C97H196O. The predicted molar refractivity (Wildman–Crippen MR) is 451 cm³/mol. The molecule has 1 nitrogen and oxygen atoms in total. The van der Waals surface area contributed by atoms with Crippen molar-refractivity contribution >= 4 is 0 Å². The summed E-state index contributed by atoms with van der Waals surface area (Å²) < 4.78 is 0. The Morgan fingerprint density at radius 3 is 0.184 bits per heavy atom. The summed E-state index contributed by atoms with van der Waals surface area (Å²) in [5.74, 6) is 0. The molecule has 0 amide bonds. The minimum atomic E-state index is 0.375. The van der Waals surface area contributed by atoms with E-state index < -0.39 is 0 Å². The summed E-state index contributed by atoms with van der Waals surface area (Å²) in [5.41, 5.74) is 0. The Balaban J connectivity index is 3.09. The fraction of sp³-hybridized carbons (Fsp3) is 1.00. The van der Waals surface area contributed by atoms with E-state index in [0.29, 0.717) is 6.61 Å².